The van der Waals surface area contributed by atoms with E-state index in [9.17, 15) is 5.11 Å². The Morgan fingerprint density at radius 3 is 2.78 bits per heavy atom. The summed E-state index contributed by atoms with van der Waals surface area (Å²) in [6, 6.07) is 0.572. The van der Waals surface area contributed by atoms with Crippen molar-refractivity contribution in [3.8, 4) is 0 Å². The molecule has 178 valence electrons. The average Bonchev–Trinajstić information content (AvgIpc) is 3.06. The predicted octanol–water partition coefficient (Wildman–Crippen LogP) is 5.47. The molecule has 5 aliphatic carbocycles. The molecule has 6 fully saturated rings. The zero-order valence-electron chi connectivity index (χ0n) is 20.8. The highest BCUT2D eigenvalue weighted by Crippen LogP contribution is 2.83. The molecule has 7 aliphatic rings. The Kier molecular flexibility index (Phi) is 4.21. The van der Waals surface area contributed by atoms with Gasteiger partial charge in [0.1, 0.15) is 0 Å². The Hall–Kier alpha value is -0.380. The van der Waals surface area contributed by atoms with Gasteiger partial charge in [0, 0.05) is 12.0 Å². The topological polar surface area (TPSA) is 41.5 Å². The fraction of sp³-hybridized carbons (Fsp3) is 0.931. The second-order valence-electron chi connectivity index (χ2n) is 14.3. The van der Waals surface area contributed by atoms with Gasteiger partial charge in [0.25, 0.3) is 0 Å². The zero-order chi connectivity index (χ0) is 22.1. The van der Waals surface area contributed by atoms with Gasteiger partial charge in [-0.1, -0.05) is 39.3 Å². The van der Waals surface area contributed by atoms with Crippen LogP contribution in [0.1, 0.15) is 91.9 Å². The lowest BCUT2D eigenvalue weighted by molar-refractivity contribution is -0.0855. The van der Waals surface area contributed by atoms with Gasteiger partial charge in [0.15, 0.2) is 0 Å². The van der Waals surface area contributed by atoms with Crippen molar-refractivity contribution in [3.63, 3.8) is 0 Å². The Balaban J connectivity index is 1.19. The van der Waals surface area contributed by atoms with Gasteiger partial charge in [-0.15, -0.1) is 0 Å². The Bertz CT molecular complexity index is 854. The van der Waals surface area contributed by atoms with Crippen LogP contribution in [0, 0.1) is 45.8 Å². The van der Waals surface area contributed by atoms with Crippen molar-refractivity contribution in [2.24, 2.45) is 45.8 Å². The van der Waals surface area contributed by atoms with Crippen LogP contribution in [-0.4, -0.2) is 35.5 Å². The molecule has 2 heterocycles. The standard InChI is InChI=1S/C29H45NO2/c1-17-11-24-25(30-14-17)18(2)29(32-24)10-8-22-21-6-5-19-12-20(31)7-9-27(19,4)23(21)13-28(22)15-26(28,3)16-29/h5,17-18,20-25,30-31H,6-16H2,1-4H3/t17-,18+,20-,21-,22-,23-,24+,25-,26?,27-,28?,29-/m0/s1. The summed E-state index contributed by atoms with van der Waals surface area (Å²) in [5, 5.41) is 14.2. The highest BCUT2D eigenvalue weighted by atomic mass is 16.5. The minimum atomic E-state index is -0.0946. The summed E-state index contributed by atoms with van der Waals surface area (Å²) in [4.78, 5) is 0. The normalized spacial score (nSPS) is 62.8. The summed E-state index contributed by atoms with van der Waals surface area (Å²) < 4.78 is 7.13. The first kappa shape index (κ1) is 20.9. The number of rotatable bonds is 0. The second kappa shape index (κ2) is 6.43. The first-order valence-corrected chi connectivity index (χ1v) is 14.0. The van der Waals surface area contributed by atoms with E-state index in [-0.39, 0.29) is 11.7 Å². The Morgan fingerprint density at radius 2 is 1.94 bits per heavy atom. The van der Waals surface area contributed by atoms with E-state index in [1.807, 2.05) is 0 Å². The van der Waals surface area contributed by atoms with Crippen molar-refractivity contribution >= 4 is 0 Å². The molecular formula is C29H45NO2. The molecule has 0 aromatic rings. The number of ether oxygens (including phenoxy) is 1. The summed E-state index contributed by atoms with van der Waals surface area (Å²) in [5.41, 5.74) is 3.13. The van der Waals surface area contributed by atoms with Crippen LogP contribution in [0.4, 0.5) is 0 Å². The monoisotopic (exact) mass is 439 g/mol. The lowest BCUT2D eigenvalue weighted by atomic mass is 9.56. The first-order chi connectivity index (χ1) is 15.2. The van der Waals surface area contributed by atoms with Gasteiger partial charge in [0.05, 0.1) is 17.8 Å². The van der Waals surface area contributed by atoms with Crippen LogP contribution in [0.25, 0.3) is 0 Å². The number of aliphatic hydroxyl groups excluding tert-OH is 1. The maximum atomic E-state index is 10.3. The maximum Gasteiger partial charge on any atom is 0.0742 e. The molecule has 0 bridgehead atoms. The minimum absolute atomic E-state index is 0.0946. The van der Waals surface area contributed by atoms with Gasteiger partial charge in [0.2, 0.25) is 0 Å². The van der Waals surface area contributed by atoms with Gasteiger partial charge in [-0.3, -0.25) is 0 Å². The van der Waals surface area contributed by atoms with Crippen molar-refractivity contribution in [2.45, 2.75) is 116 Å². The van der Waals surface area contributed by atoms with Crippen LogP contribution < -0.4 is 5.32 Å². The van der Waals surface area contributed by atoms with Crippen molar-refractivity contribution in [3.05, 3.63) is 11.6 Å². The van der Waals surface area contributed by atoms with Gasteiger partial charge in [-0.05, 0) is 111 Å². The van der Waals surface area contributed by atoms with Gasteiger partial charge in [-0.2, -0.15) is 0 Å². The summed E-state index contributed by atoms with van der Waals surface area (Å²) in [5.74, 6) is 3.99. The molecule has 2 saturated heterocycles. The van der Waals surface area contributed by atoms with Gasteiger partial charge >= 0.3 is 0 Å². The molecule has 12 atom stereocenters. The highest BCUT2D eigenvalue weighted by molar-refractivity contribution is 5.32. The third-order valence-electron chi connectivity index (χ3n) is 12.8. The molecule has 0 radical (unpaired) electrons. The number of allylic oxidation sites excluding steroid dienone is 1. The average molecular weight is 440 g/mol. The number of hydrogen-bond acceptors (Lipinski definition) is 3. The van der Waals surface area contributed by atoms with Crippen LogP contribution in [0.2, 0.25) is 0 Å². The lowest BCUT2D eigenvalue weighted by Crippen LogP contribution is -2.49. The summed E-state index contributed by atoms with van der Waals surface area (Å²) in [7, 11) is 0. The van der Waals surface area contributed by atoms with Crippen molar-refractivity contribution in [1.82, 2.24) is 5.32 Å². The van der Waals surface area contributed by atoms with Crippen LogP contribution in [-0.2, 0) is 4.74 Å². The van der Waals surface area contributed by atoms with Crippen LogP contribution in [0.15, 0.2) is 11.6 Å². The molecule has 2 spiro atoms. The Labute approximate surface area is 195 Å². The summed E-state index contributed by atoms with van der Waals surface area (Å²) in [6.45, 7) is 11.3. The smallest absolute Gasteiger partial charge is 0.0742 e. The minimum Gasteiger partial charge on any atom is -0.393 e. The first-order valence-electron chi connectivity index (χ1n) is 14.0. The number of aliphatic hydroxyl groups is 1. The zero-order valence-corrected chi connectivity index (χ0v) is 20.8. The fourth-order valence-corrected chi connectivity index (χ4v) is 11.0. The largest absolute Gasteiger partial charge is 0.393 e. The molecule has 3 heteroatoms. The van der Waals surface area contributed by atoms with E-state index in [4.69, 9.17) is 4.74 Å². The molecule has 7 rings (SSSR count). The third-order valence-corrected chi connectivity index (χ3v) is 12.8. The molecule has 0 aromatic heterocycles. The van der Waals surface area contributed by atoms with Crippen LogP contribution in [0.3, 0.4) is 0 Å². The number of fused-ring (bicyclic) bond motifs is 5. The molecule has 0 aromatic carbocycles. The lowest BCUT2D eigenvalue weighted by Gasteiger charge is -2.49. The van der Waals surface area contributed by atoms with Crippen molar-refractivity contribution in [2.75, 3.05) is 6.54 Å². The molecule has 2 N–H and O–H groups in total. The molecule has 2 aliphatic heterocycles. The highest BCUT2D eigenvalue weighted by Gasteiger charge is 2.77. The molecule has 3 nitrogen and oxygen atoms in total. The molecule has 2 unspecified atom stereocenters. The number of hydrogen-bond donors (Lipinski definition) is 2. The maximum absolute atomic E-state index is 10.3. The molecular weight excluding hydrogens is 394 g/mol. The second-order valence-corrected chi connectivity index (χ2v) is 14.3. The van der Waals surface area contributed by atoms with Crippen molar-refractivity contribution < 1.29 is 9.84 Å². The van der Waals surface area contributed by atoms with Gasteiger partial charge in [-0.25, -0.2) is 0 Å². The van der Waals surface area contributed by atoms with E-state index in [0.29, 0.717) is 34.3 Å². The van der Waals surface area contributed by atoms with Gasteiger partial charge < -0.3 is 15.2 Å². The molecule has 4 saturated carbocycles. The summed E-state index contributed by atoms with van der Waals surface area (Å²) >= 11 is 0. The van der Waals surface area contributed by atoms with Crippen LogP contribution in [0.5, 0.6) is 0 Å². The van der Waals surface area contributed by atoms with E-state index in [0.717, 1.165) is 36.5 Å². The quantitative estimate of drug-likeness (QED) is 0.492. The van der Waals surface area contributed by atoms with Crippen LogP contribution >= 0.6 is 0 Å². The summed E-state index contributed by atoms with van der Waals surface area (Å²) in [6.07, 6.45) is 15.5. The SMILES string of the molecule is C[C@@H]1CN[C@H]2[C@@H](C)[C@@]3(CC[C@H]4[C@@H]5CC=C6C[C@@H](O)CC[C@]6(C)[C@H]5CC45CC5(C)C3)O[C@@H]2C1. The van der Waals surface area contributed by atoms with E-state index in [2.05, 4.69) is 39.1 Å². The van der Waals surface area contributed by atoms with E-state index < -0.39 is 0 Å². The third kappa shape index (κ3) is 2.49. The molecule has 32 heavy (non-hydrogen) atoms. The predicted molar refractivity (Wildman–Crippen MR) is 127 cm³/mol. The number of nitrogens with one attached hydrogen (secondary N) is 1. The molecule has 0 amide bonds. The number of piperidine rings is 1. The Morgan fingerprint density at radius 1 is 1.09 bits per heavy atom. The van der Waals surface area contributed by atoms with E-state index in [1.165, 1.54) is 57.9 Å². The van der Waals surface area contributed by atoms with Crippen molar-refractivity contribution in [1.29, 1.82) is 0 Å². The van der Waals surface area contributed by atoms with E-state index >= 15 is 0 Å². The fourth-order valence-electron chi connectivity index (χ4n) is 11.0. The van der Waals surface area contributed by atoms with E-state index in [1.54, 1.807) is 5.57 Å².